The molecule has 124 valence electrons. The first-order chi connectivity index (χ1) is 9.81. The molecule has 1 heterocycles. The lowest BCUT2D eigenvalue weighted by Gasteiger charge is -2.41. The number of aryl methyl sites for hydroxylation is 1. The zero-order valence-electron chi connectivity index (χ0n) is 13.8. The van der Waals surface area contributed by atoms with Crippen LogP contribution >= 0.6 is 0 Å². The van der Waals surface area contributed by atoms with Gasteiger partial charge >= 0.3 is 0 Å². The zero-order chi connectivity index (χ0) is 17.2. The molecule has 1 fully saturated rings. The van der Waals surface area contributed by atoms with Crippen molar-refractivity contribution in [3.63, 3.8) is 0 Å². The maximum Gasteiger partial charge on any atom is 0.294 e. The molecule has 0 radical (unpaired) electrons. The van der Waals surface area contributed by atoms with Gasteiger partial charge in [0.05, 0.1) is 4.90 Å². The largest absolute Gasteiger partial charge is 0.306 e. The van der Waals surface area contributed by atoms with Gasteiger partial charge in [0, 0.05) is 23.9 Å². The topological polar surface area (TPSA) is 83.5 Å². The lowest BCUT2D eigenvalue weighted by atomic mass is 9.82. The highest BCUT2D eigenvalue weighted by atomic mass is 32.2. The van der Waals surface area contributed by atoms with E-state index in [0.29, 0.717) is 18.6 Å². The van der Waals surface area contributed by atoms with E-state index >= 15 is 0 Å². The lowest BCUT2D eigenvalue weighted by molar-refractivity contribution is -0.124. The van der Waals surface area contributed by atoms with E-state index in [-0.39, 0.29) is 16.0 Å². The lowest BCUT2D eigenvalue weighted by Crippen LogP contribution is -2.58. The van der Waals surface area contributed by atoms with Crippen LogP contribution in [0.25, 0.3) is 0 Å². The molecule has 5 nitrogen and oxygen atoms in total. The van der Waals surface area contributed by atoms with E-state index < -0.39 is 10.1 Å². The molecule has 1 aliphatic heterocycles. The molecule has 2 rings (SSSR count). The van der Waals surface area contributed by atoms with Crippen LogP contribution in [0.3, 0.4) is 0 Å². The van der Waals surface area contributed by atoms with Crippen LogP contribution in [0.15, 0.2) is 29.2 Å². The van der Waals surface area contributed by atoms with Crippen LogP contribution in [0.5, 0.6) is 0 Å². The van der Waals surface area contributed by atoms with E-state index in [0.717, 1.165) is 5.56 Å². The molecule has 22 heavy (non-hydrogen) atoms. The number of benzene rings is 1. The van der Waals surface area contributed by atoms with E-state index in [4.69, 9.17) is 4.55 Å². The molecule has 0 aliphatic carbocycles. The van der Waals surface area contributed by atoms with Gasteiger partial charge in [-0.25, -0.2) is 0 Å². The Labute approximate surface area is 132 Å². The fourth-order valence-corrected chi connectivity index (χ4v) is 3.24. The molecule has 2 N–H and O–H groups in total. The standard InChI is InChI=1S/C9H17NO.C7H8O3S/c1-8(2)5-7(11)6-9(3,4)10-8;1-6-2-4-7(5-3-6)11(8,9)10/h10H,5-6H2,1-4H3;2-5H,1H3,(H,8,9,10). The van der Waals surface area contributed by atoms with E-state index in [9.17, 15) is 13.2 Å². The summed E-state index contributed by atoms with van der Waals surface area (Å²) in [7, 11) is -4.02. The second-order valence-corrected chi connectivity index (χ2v) is 8.49. The van der Waals surface area contributed by atoms with Crippen LogP contribution in [-0.4, -0.2) is 29.8 Å². The molecule has 1 aromatic carbocycles. The van der Waals surface area contributed by atoms with Crippen LogP contribution in [0, 0.1) is 6.92 Å². The molecule has 1 aliphatic rings. The molecule has 0 unspecified atom stereocenters. The third kappa shape index (κ3) is 6.25. The number of piperidine rings is 1. The summed E-state index contributed by atoms with van der Waals surface area (Å²) in [5, 5.41) is 3.44. The summed E-state index contributed by atoms with van der Waals surface area (Å²) in [5.41, 5.74) is 0.926. The molecule has 0 aromatic heterocycles. The third-order valence-electron chi connectivity index (χ3n) is 3.27. The van der Waals surface area contributed by atoms with Gasteiger partial charge in [0.25, 0.3) is 10.1 Å². The quantitative estimate of drug-likeness (QED) is 0.775. The average Bonchev–Trinajstić information content (AvgIpc) is 2.23. The van der Waals surface area contributed by atoms with Gasteiger partial charge in [-0.1, -0.05) is 17.7 Å². The van der Waals surface area contributed by atoms with Crippen molar-refractivity contribution in [3.05, 3.63) is 29.8 Å². The summed E-state index contributed by atoms with van der Waals surface area (Å²) >= 11 is 0. The Bertz CT molecular complexity index is 613. The van der Waals surface area contributed by atoms with Gasteiger partial charge in [0.2, 0.25) is 0 Å². The molecule has 0 atom stereocenters. The Kier molecular flexibility index (Phi) is 5.54. The molecule has 1 aromatic rings. The van der Waals surface area contributed by atoms with Crippen LogP contribution in [0.4, 0.5) is 0 Å². The van der Waals surface area contributed by atoms with E-state index in [1.165, 1.54) is 12.1 Å². The number of hydrogen-bond donors (Lipinski definition) is 2. The van der Waals surface area contributed by atoms with Crippen molar-refractivity contribution in [1.82, 2.24) is 5.32 Å². The van der Waals surface area contributed by atoms with Gasteiger partial charge < -0.3 is 5.32 Å². The van der Waals surface area contributed by atoms with Crippen LogP contribution in [-0.2, 0) is 14.9 Å². The zero-order valence-corrected chi connectivity index (χ0v) is 14.6. The summed E-state index contributed by atoms with van der Waals surface area (Å²) in [5.74, 6) is 0.374. The number of rotatable bonds is 1. The first-order valence-corrected chi connectivity index (χ1v) is 8.60. The first-order valence-electron chi connectivity index (χ1n) is 7.16. The van der Waals surface area contributed by atoms with E-state index in [2.05, 4.69) is 33.0 Å². The van der Waals surface area contributed by atoms with Crippen molar-refractivity contribution in [2.45, 2.75) is 63.4 Å². The smallest absolute Gasteiger partial charge is 0.294 e. The Morgan fingerprint density at radius 3 is 1.73 bits per heavy atom. The first kappa shape index (κ1) is 18.8. The summed E-state index contributed by atoms with van der Waals surface area (Å²) in [6.45, 7) is 10.1. The molecular weight excluding hydrogens is 302 g/mol. The maximum absolute atomic E-state index is 11.3. The number of nitrogens with one attached hydrogen (secondary N) is 1. The van der Waals surface area contributed by atoms with Crippen LogP contribution in [0.1, 0.15) is 46.1 Å². The van der Waals surface area contributed by atoms with Gasteiger partial charge in [-0.15, -0.1) is 0 Å². The van der Waals surface area contributed by atoms with E-state index in [1.54, 1.807) is 12.1 Å². The number of ketones is 1. The Balaban J connectivity index is 0.000000220. The van der Waals surface area contributed by atoms with Crippen molar-refractivity contribution in [1.29, 1.82) is 0 Å². The fourth-order valence-electron chi connectivity index (χ4n) is 2.76. The van der Waals surface area contributed by atoms with Gasteiger partial charge in [0.1, 0.15) is 5.78 Å². The minimum Gasteiger partial charge on any atom is -0.306 e. The minimum atomic E-state index is -4.02. The predicted molar refractivity (Wildman–Crippen MR) is 86.5 cm³/mol. The van der Waals surface area contributed by atoms with Crippen LogP contribution < -0.4 is 5.32 Å². The summed E-state index contributed by atoms with van der Waals surface area (Å²) in [6.07, 6.45) is 1.33. The van der Waals surface area contributed by atoms with Crippen molar-refractivity contribution in [3.8, 4) is 0 Å². The highest BCUT2D eigenvalue weighted by Crippen LogP contribution is 2.25. The molecule has 0 spiro atoms. The molecule has 1 saturated heterocycles. The molecule has 0 bridgehead atoms. The summed E-state index contributed by atoms with van der Waals surface area (Å²) in [4.78, 5) is 11.2. The number of carbonyl (C=O) groups excluding carboxylic acids is 1. The molecule has 0 amide bonds. The van der Waals surface area contributed by atoms with Gasteiger partial charge in [-0.05, 0) is 46.8 Å². The molecule has 6 heteroatoms. The van der Waals surface area contributed by atoms with E-state index in [1.807, 2.05) is 6.92 Å². The van der Waals surface area contributed by atoms with Crippen molar-refractivity contribution < 1.29 is 17.8 Å². The van der Waals surface area contributed by atoms with Gasteiger partial charge in [0.15, 0.2) is 0 Å². The SMILES string of the molecule is CC1(C)CC(=O)CC(C)(C)N1.Cc1ccc(S(=O)(=O)O)cc1. The fraction of sp³-hybridized carbons (Fsp3) is 0.562. The highest BCUT2D eigenvalue weighted by Gasteiger charge is 2.36. The maximum atomic E-state index is 11.3. The van der Waals surface area contributed by atoms with Crippen molar-refractivity contribution in [2.75, 3.05) is 0 Å². The third-order valence-corrected chi connectivity index (χ3v) is 4.14. The molecular formula is C16H25NO4S. The van der Waals surface area contributed by atoms with Crippen molar-refractivity contribution >= 4 is 15.9 Å². The number of hydrogen-bond acceptors (Lipinski definition) is 4. The summed E-state index contributed by atoms with van der Waals surface area (Å²) in [6, 6.07) is 5.99. The van der Waals surface area contributed by atoms with Crippen molar-refractivity contribution in [2.24, 2.45) is 0 Å². The predicted octanol–water partition coefficient (Wildman–Crippen LogP) is 2.74. The Morgan fingerprint density at radius 2 is 1.41 bits per heavy atom. The normalized spacial score (nSPS) is 20.0. The highest BCUT2D eigenvalue weighted by molar-refractivity contribution is 7.85. The Morgan fingerprint density at radius 1 is 1.00 bits per heavy atom. The second kappa shape index (κ2) is 6.48. The molecule has 0 saturated carbocycles. The minimum absolute atomic E-state index is 0.0150. The van der Waals surface area contributed by atoms with Gasteiger partial charge in [-0.2, -0.15) is 8.42 Å². The number of Topliss-reactive ketones (excluding diaryl/α,β-unsaturated/α-hetero) is 1. The number of carbonyl (C=O) groups is 1. The monoisotopic (exact) mass is 327 g/mol. The second-order valence-electron chi connectivity index (χ2n) is 7.07. The van der Waals surface area contributed by atoms with Crippen LogP contribution in [0.2, 0.25) is 0 Å². The Hall–Kier alpha value is -1.24. The average molecular weight is 327 g/mol. The van der Waals surface area contributed by atoms with Gasteiger partial charge in [-0.3, -0.25) is 9.35 Å². The summed E-state index contributed by atoms with van der Waals surface area (Å²) < 4.78 is 29.6.